The molecule has 12 heavy (non-hydrogen) atoms. The molecule has 0 amide bonds. The molecule has 0 atom stereocenters. The molecule has 3 N–H and O–H groups in total. The molecule has 0 fully saturated rings. The summed E-state index contributed by atoms with van der Waals surface area (Å²) in [4.78, 5) is 2.08. The molecule has 0 unspecified atom stereocenters. The third-order valence-electron chi connectivity index (χ3n) is 1.18. The first kappa shape index (κ1) is 9.43. The number of rotatable bonds is 1. The number of hydrogen-bond acceptors (Lipinski definition) is 4. The number of aromatic amines is 1. The molecule has 0 radical (unpaired) electrons. The molecular formula is C5H5BrN2O3S. The molecule has 1 heterocycles. The largest absolute Gasteiger partial charge is 0.744 e. The van der Waals surface area contributed by atoms with Crippen LogP contribution in [0.25, 0.3) is 0 Å². The Kier molecular flexibility index (Phi) is 2.36. The molecule has 1 aromatic heterocycles. The highest BCUT2D eigenvalue weighted by atomic mass is 79.9. The van der Waals surface area contributed by atoms with Crippen molar-refractivity contribution >= 4 is 31.9 Å². The molecule has 7 heteroatoms. The second kappa shape index (κ2) is 3.00. The van der Waals surface area contributed by atoms with Gasteiger partial charge in [0.05, 0.1) is 4.90 Å². The van der Waals surface area contributed by atoms with Crippen LogP contribution in [-0.4, -0.2) is 13.0 Å². The Hall–Kier alpha value is -0.660. The zero-order chi connectivity index (χ0) is 9.35. The van der Waals surface area contributed by atoms with E-state index in [0.717, 1.165) is 12.3 Å². The Labute approximate surface area is 77.5 Å². The summed E-state index contributed by atoms with van der Waals surface area (Å²) in [6, 6.07) is 1.15. The van der Waals surface area contributed by atoms with Crippen LogP contribution in [-0.2, 0) is 10.1 Å². The van der Waals surface area contributed by atoms with Crippen molar-refractivity contribution in [1.29, 1.82) is 0 Å². The number of nitrogens with two attached hydrogens (primary N) is 1. The second-order valence-corrected chi connectivity index (χ2v) is 4.29. The molecule has 0 aromatic carbocycles. The molecule has 0 saturated heterocycles. The number of nitrogens with one attached hydrogen (secondary N) is 1. The quantitative estimate of drug-likeness (QED) is 0.697. The van der Waals surface area contributed by atoms with Crippen molar-refractivity contribution in [2.24, 2.45) is 0 Å². The minimum absolute atomic E-state index is 0.266. The molecular weight excluding hydrogens is 248 g/mol. The number of halogens is 1. The van der Waals surface area contributed by atoms with Crippen LogP contribution in [0.15, 0.2) is 21.6 Å². The highest BCUT2D eigenvalue weighted by molar-refractivity contribution is 9.10. The molecule has 5 nitrogen and oxygen atoms in total. The van der Waals surface area contributed by atoms with Crippen molar-refractivity contribution in [2.75, 3.05) is 5.73 Å². The van der Waals surface area contributed by atoms with Gasteiger partial charge >= 0.3 is 0 Å². The lowest BCUT2D eigenvalue weighted by atomic mass is 10.5. The van der Waals surface area contributed by atoms with E-state index in [0.29, 0.717) is 4.47 Å². The van der Waals surface area contributed by atoms with Crippen LogP contribution < -0.4 is 10.7 Å². The molecule has 66 valence electrons. The number of hydrogen-bond donors (Lipinski definition) is 1. The SMILES string of the molecule is Nc1[nH+]cc(S(=O)(=O)[O-])cc1Br. The maximum Gasteiger partial charge on any atom is 0.284 e. The highest BCUT2D eigenvalue weighted by Crippen LogP contribution is 2.17. The number of pyridine rings is 1. The van der Waals surface area contributed by atoms with E-state index >= 15 is 0 Å². The van der Waals surface area contributed by atoms with E-state index in [2.05, 4.69) is 20.9 Å². The lowest BCUT2D eigenvalue weighted by Gasteiger charge is -2.04. The van der Waals surface area contributed by atoms with Crippen molar-refractivity contribution in [1.82, 2.24) is 0 Å². The number of H-pyrrole nitrogens is 1. The average Bonchev–Trinajstić information content (AvgIpc) is 1.92. The zero-order valence-corrected chi connectivity index (χ0v) is 8.15. The summed E-state index contributed by atoms with van der Waals surface area (Å²) in [6.45, 7) is 0. The Morgan fingerprint density at radius 1 is 1.58 bits per heavy atom. The minimum atomic E-state index is -4.41. The van der Waals surface area contributed by atoms with E-state index in [-0.39, 0.29) is 10.7 Å². The lowest BCUT2D eigenvalue weighted by molar-refractivity contribution is -0.364. The maximum atomic E-state index is 10.5. The second-order valence-electron chi connectivity index (χ2n) is 2.05. The first-order chi connectivity index (χ1) is 5.41. The summed E-state index contributed by atoms with van der Waals surface area (Å²) in [5.41, 5.74) is 5.33. The van der Waals surface area contributed by atoms with Gasteiger partial charge in [-0.05, 0) is 22.0 Å². The van der Waals surface area contributed by atoms with E-state index in [4.69, 9.17) is 5.73 Å². The predicted octanol–water partition coefficient (Wildman–Crippen LogP) is -0.250. The third-order valence-corrected chi connectivity index (χ3v) is 2.65. The van der Waals surface area contributed by atoms with Crippen LogP contribution in [0.1, 0.15) is 0 Å². The van der Waals surface area contributed by atoms with Gasteiger partial charge in [0.15, 0.2) is 0 Å². The molecule has 0 spiro atoms. The van der Waals surface area contributed by atoms with Crippen LogP contribution in [0.4, 0.5) is 5.82 Å². The van der Waals surface area contributed by atoms with E-state index < -0.39 is 10.1 Å². The Morgan fingerprint density at radius 3 is 2.58 bits per heavy atom. The highest BCUT2D eigenvalue weighted by Gasteiger charge is 2.07. The summed E-state index contributed by atoms with van der Waals surface area (Å²) >= 11 is 2.98. The monoisotopic (exact) mass is 252 g/mol. The normalized spacial score (nSPS) is 11.5. The van der Waals surface area contributed by atoms with Crippen molar-refractivity contribution in [3.63, 3.8) is 0 Å². The van der Waals surface area contributed by atoms with Crippen LogP contribution >= 0.6 is 15.9 Å². The van der Waals surface area contributed by atoms with Crippen LogP contribution in [0.2, 0.25) is 0 Å². The minimum Gasteiger partial charge on any atom is -0.744 e. The van der Waals surface area contributed by atoms with Gasteiger partial charge < -0.3 is 4.55 Å². The van der Waals surface area contributed by atoms with Crippen molar-refractivity contribution < 1.29 is 18.0 Å². The first-order valence-corrected chi connectivity index (χ1v) is 5.04. The van der Waals surface area contributed by atoms with Gasteiger partial charge in [-0.3, -0.25) is 5.73 Å². The summed E-state index contributed by atoms with van der Waals surface area (Å²) in [6.07, 6.45) is 1.04. The Bertz CT molecular complexity index is 403. The van der Waals surface area contributed by atoms with E-state index in [9.17, 15) is 13.0 Å². The summed E-state index contributed by atoms with van der Waals surface area (Å²) in [7, 11) is -4.41. The number of aromatic nitrogens is 1. The van der Waals surface area contributed by atoms with Gasteiger partial charge in [0, 0.05) is 0 Å². The fourth-order valence-electron chi connectivity index (χ4n) is 0.606. The van der Waals surface area contributed by atoms with Crippen molar-refractivity contribution in [2.45, 2.75) is 4.90 Å². The molecule has 0 bridgehead atoms. The van der Waals surface area contributed by atoms with Gasteiger partial charge in [-0.15, -0.1) is 0 Å². The molecule has 0 aliphatic rings. The average molecular weight is 253 g/mol. The smallest absolute Gasteiger partial charge is 0.284 e. The molecule has 0 aliphatic carbocycles. The fourth-order valence-corrected chi connectivity index (χ4v) is 1.58. The Morgan fingerprint density at radius 2 is 2.17 bits per heavy atom. The standard InChI is InChI=1S/C5H5BrN2O3S/c6-4-1-3(12(9,10)11)2-8-5(4)7/h1-2H,(H2,7,8)(H,9,10,11). The van der Waals surface area contributed by atoms with Gasteiger partial charge in [0.2, 0.25) is 0 Å². The lowest BCUT2D eigenvalue weighted by Crippen LogP contribution is -2.13. The zero-order valence-electron chi connectivity index (χ0n) is 5.74. The maximum absolute atomic E-state index is 10.5. The van der Waals surface area contributed by atoms with E-state index in [1.807, 2.05) is 0 Å². The van der Waals surface area contributed by atoms with Crippen molar-refractivity contribution in [3.8, 4) is 0 Å². The molecule has 0 saturated carbocycles. The van der Waals surface area contributed by atoms with Gasteiger partial charge in [0.1, 0.15) is 20.8 Å². The summed E-state index contributed by atoms with van der Waals surface area (Å²) < 4.78 is 31.7. The Balaban J connectivity index is 3.33. The summed E-state index contributed by atoms with van der Waals surface area (Å²) in [5.74, 6) is 0.266. The molecule has 0 aliphatic heterocycles. The van der Waals surface area contributed by atoms with E-state index in [1.165, 1.54) is 0 Å². The third kappa shape index (κ3) is 1.93. The summed E-state index contributed by atoms with van der Waals surface area (Å²) in [5, 5.41) is 0. The topological polar surface area (TPSA) is 97.4 Å². The first-order valence-electron chi connectivity index (χ1n) is 2.84. The van der Waals surface area contributed by atoms with Gasteiger partial charge in [-0.2, -0.15) is 0 Å². The predicted molar refractivity (Wildman–Crippen MR) is 43.1 cm³/mol. The van der Waals surface area contributed by atoms with Gasteiger partial charge in [-0.25, -0.2) is 13.4 Å². The fraction of sp³-hybridized carbons (Fsp3) is 0. The number of anilines is 1. The van der Waals surface area contributed by atoms with E-state index in [1.54, 1.807) is 0 Å². The van der Waals surface area contributed by atoms with Gasteiger partial charge in [-0.1, -0.05) is 0 Å². The molecule has 1 aromatic rings. The number of nitrogen functional groups attached to an aromatic ring is 1. The van der Waals surface area contributed by atoms with Crippen molar-refractivity contribution in [3.05, 3.63) is 16.7 Å². The van der Waals surface area contributed by atoms with Gasteiger partial charge in [0.25, 0.3) is 5.82 Å². The van der Waals surface area contributed by atoms with Crippen LogP contribution in [0, 0.1) is 0 Å². The molecule has 1 rings (SSSR count). The van der Waals surface area contributed by atoms with Crippen LogP contribution in [0.5, 0.6) is 0 Å². The van der Waals surface area contributed by atoms with Crippen LogP contribution in [0.3, 0.4) is 0 Å².